The Hall–Kier alpha value is -2.66. The number of carbonyl (C=O) groups excluding carboxylic acids is 1. The summed E-state index contributed by atoms with van der Waals surface area (Å²) in [6.45, 7) is 2.92. The van der Waals surface area contributed by atoms with E-state index in [1.807, 2.05) is 42.6 Å². The normalized spacial score (nSPS) is 10.4. The Bertz CT molecular complexity index is 798. The number of aromatic nitrogens is 1. The lowest BCUT2D eigenvalue weighted by atomic mass is 10.2. The molecule has 0 atom stereocenters. The number of rotatable bonds is 6. The van der Waals surface area contributed by atoms with Gasteiger partial charge in [0.2, 0.25) is 0 Å². The molecule has 0 unspecified atom stereocenters. The van der Waals surface area contributed by atoms with Gasteiger partial charge in [0.1, 0.15) is 17.4 Å². The van der Waals surface area contributed by atoms with Crippen molar-refractivity contribution in [1.82, 2.24) is 10.3 Å². The molecule has 0 fully saturated rings. The Kier molecular flexibility index (Phi) is 5.23. The molecule has 0 aliphatic rings. The van der Waals surface area contributed by atoms with Crippen LogP contribution >= 0.6 is 11.3 Å². The Morgan fingerprint density at radius 1 is 1.12 bits per heavy atom. The van der Waals surface area contributed by atoms with Gasteiger partial charge in [0.05, 0.1) is 0 Å². The van der Waals surface area contributed by atoms with Crippen LogP contribution in [0.4, 0.5) is 0 Å². The number of ether oxygens (including phenoxy) is 1. The minimum atomic E-state index is -0.0963. The second-order valence-corrected chi connectivity index (χ2v) is 6.31. The molecule has 0 radical (unpaired) electrons. The fourth-order valence-corrected chi connectivity index (χ4v) is 2.88. The van der Waals surface area contributed by atoms with Gasteiger partial charge in [-0.1, -0.05) is 30.3 Å². The molecule has 0 aliphatic heterocycles. The first-order valence-corrected chi connectivity index (χ1v) is 8.55. The predicted octanol–water partition coefficient (Wildman–Crippen LogP) is 3.96. The Labute approximate surface area is 145 Å². The molecule has 1 amide bonds. The maximum absolute atomic E-state index is 12.2. The zero-order chi connectivity index (χ0) is 16.8. The van der Waals surface area contributed by atoms with Gasteiger partial charge >= 0.3 is 0 Å². The number of carbonyl (C=O) groups is 1. The van der Waals surface area contributed by atoms with Crippen LogP contribution in [0.2, 0.25) is 0 Å². The third-order valence-corrected chi connectivity index (χ3v) is 4.38. The van der Waals surface area contributed by atoms with E-state index in [1.165, 1.54) is 0 Å². The Balaban J connectivity index is 1.52. The minimum absolute atomic E-state index is 0.0963. The predicted molar refractivity (Wildman–Crippen MR) is 95.2 cm³/mol. The van der Waals surface area contributed by atoms with Gasteiger partial charge in [-0.25, -0.2) is 4.98 Å². The van der Waals surface area contributed by atoms with E-state index < -0.39 is 0 Å². The van der Waals surface area contributed by atoms with E-state index in [0.717, 1.165) is 22.0 Å². The van der Waals surface area contributed by atoms with E-state index in [2.05, 4.69) is 10.3 Å². The molecule has 0 aliphatic carbocycles. The molecule has 4 nitrogen and oxygen atoms in total. The highest BCUT2D eigenvalue weighted by Gasteiger charge is 2.06. The van der Waals surface area contributed by atoms with Gasteiger partial charge in [-0.2, -0.15) is 0 Å². The summed E-state index contributed by atoms with van der Waals surface area (Å²) < 4.78 is 5.69. The van der Waals surface area contributed by atoms with Crippen molar-refractivity contribution in [3.8, 4) is 5.75 Å². The average Bonchev–Trinajstić information content (AvgIpc) is 3.04. The maximum atomic E-state index is 12.2. The average molecular weight is 338 g/mol. The van der Waals surface area contributed by atoms with Crippen molar-refractivity contribution >= 4 is 17.2 Å². The number of nitrogens with zero attached hydrogens (tertiary/aromatic N) is 1. The highest BCUT2D eigenvalue weighted by Crippen LogP contribution is 2.16. The molecule has 3 rings (SSSR count). The van der Waals surface area contributed by atoms with Gasteiger partial charge in [-0.15, -0.1) is 11.3 Å². The van der Waals surface area contributed by atoms with Crippen molar-refractivity contribution in [1.29, 1.82) is 0 Å². The van der Waals surface area contributed by atoms with Crippen LogP contribution in [0.5, 0.6) is 5.75 Å². The van der Waals surface area contributed by atoms with Crippen molar-refractivity contribution in [2.45, 2.75) is 20.1 Å². The molecule has 1 N–H and O–H groups in total. The van der Waals surface area contributed by atoms with Crippen LogP contribution in [0.15, 0.2) is 60.0 Å². The molecule has 2 aromatic carbocycles. The van der Waals surface area contributed by atoms with Crippen molar-refractivity contribution in [3.05, 3.63) is 81.8 Å². The van der Waals surface area contributed by atoms with Gasteiger partial charge in [-0.3, -0.25) is 4.79 Å². The smallest absolute Gasteiger partial charge is 0.251 e. The summed E-state index contributed by atoms with van der Waals surface area (Å²) >= 11 is 1.58. The minimum Gasteiger partial charge on any atom is -0.486 e. The van der Waals surface area contributed by atoms with Crippen molar-refractivity contribution in [2.24, 2.45) is 0 Å². The summed E-state index contributed by atoms with van der Waals surface area (Å²) in [7, 11) is 0. The number of nitrogens with one attached hydrogen (secondary N) is 1. The number of benzene rings is 2. The first kappa shape index (κ1) is 16.2. The first-order chi connectivity index (χ1) is 11.7. The van der Waals surface area contributed by atoms with Crippen LogP contribution in [0.1, 0.15) is 26.6 Å². The van der Waals surface area contributed by atoms with Crippen LogP contribution in [0, 0.1) is 6.92 Å². The molecule has 24 heavy (non-hydrogen) atoms. The zero-order valence-corrected chi connectivity index (χ0v) is 14.2. The van der Waals surface area contributed by atoms with Gasteiger partial charge in [-0.05, 0) is 36.8 Å². The quantitative estimate of drug-likeness (QED) is 0.740. The summed E-state index contributed by atoms with van der Waals surface area (Å²) in [5.74, 6) is 0.628. The Morgan fingerprint density at radius 3 is 2.54 bits per heavy atom. The van der Waals surface area contributed by atoms with E-state index in [9.17, 15) is 4.79 Å². The number of hydrogen-bond acceptors (Lipinski definition) is 4. The third-order valence-electron chi connectivity index (χ3n) is 3.44. The first-order valence-electron chi connectivity index (χ1n) is 7.67. The summed E-state index contributed by atoms with van der Waals surface area (Å²) in [6.07, 6.45) is 0. The number of hydrogen-bond donors (Lipinski definition) is 1. The maximum Gasteiger partial charge on any atom is 0.251 e. The van der Waals surface area contributed by atoms with E-state index >= 15 is 0 Å². The second-order valence-electron chi connectivity index (χ2n) is 5.36. The molecule has 3 aromatic rings. The monoisotopic (exact) mass is 338 g/mol. The lowest BCUT2D eigenvalue weighted by Gasteiger charge is -2.07. The van der Waals surface area contributed by atoms with Crippen molar-refractivity contribution in [2.75, 3.05) is 0 Å². The summed E-state index contributed by atoms with van der Waals surface area (Å²) in [4.78, 5) is 16.5. The summed E-state index contributed by atoms with van der Waals surface area (Å²) in [5, 5.41) is 5.85. The SMILES string of the molecule is Cc1csc(COc2ccc(C(=O)NCc3ccccc3)cc2)n1. The number of aryl methyl sites for hydroxylation is 1. The largest absolute Gasteiger partial charge is 0.486 e. The van der Waals surface area contributed by atoms with E-state index in [1.54, 1.807) is 35.6 Å². The van der Waals surface area contributed by atoms with Gasteiger partial charge in [0.15, 0.2) is 0 Å². The molecule has 0 saturated heterocycles. The van der Waals surface area contributed by atoms with Gasteiger partial charge in [0.25, 0.3) is 5.91 Å². The second kappa shape index (κ2) is 7.75. The number of amides is 1. The fraction of sp³-hybridized carbons (Fsp3) is 0.158. The fourth-order valence-electron chi connectivity index (χ4n) is 2.20. The van der Waals surface area contributed by atoms with E-state index in [0.29, 0.717) is 18.7 Å². The standard InChI is InChI=1S/C19H18N2O2S/c1-14-13-24-18(21-14)12-23-17-9-7-16(8-10-17)19(22)20-11-15-5-3-2-4-6-15/h2-10,13H,11-12H2,1H3,(H,20,22). The van der Waals surface area contributed by atoms with Crippen molar-refractivity contribution < 1.29 is 9.53 Å². The molecule has 1 aromatic heterocycles. The highest BCUT2D eigenvalue weighted by molar-refractivity contribution is 7.09. The van der Waals surface area contributed by atoms with Gasteiger partial charge < -0.3 is 10.1 Å². The highest BCUT2D eigenvalue weighted by atomic mass is 32.1. The molecular weight excluding hydrogens is 320 g/mol. The molecule has 0 spiro atoms. The number of thiazole rings is 1. The lowest BCUT2D eigenvalue weighted by Crippen LogP contribution is -2.22. The van der Waals surface area contributed by atoms with Crippen LogP contribution in [0.3, 0.4) is 0 Å². The van der Waals surface area contributed by atoms with Crippen LogP contribution < -0.4 is 10.1 Å². The van der Waals surface area contributed by atoms with Crippen molar-refractivity contribution in [3.63, 3.8) is 0 Å². The molecule has 122 valence electrons. The molecule has 1 heterocycles. The zero-order valence-electron chi connectivity index (χ0n) is 13.4. The van der Waals surface area contributed by atoms with E-state index in [4.69, 9.17) is 4.74 Å². The van der Waals surface area contributed by atoms with Gasteiger partial charge in [0, 0.05) is 23.2 Å². The summed E-state index contributed by atoms with van der Waals surface area (Å²) in [6, 6.07) is 17.0. The Morgan fingerprint density at radius 2 is 1.88 bits per heavy atom. The molecule has 0 saturated carbocycles. The van der Waals surface area contributed by atoms with Crippen LogP contribution in [-0.2, 0) is 13.2 Å². The molecule has 0 bridgehead atoms. The topological polar surface area (TPSA) is 51.2 Å². The lowest BCUT2D eigenvalue weighted by molar-refractivity contribution is 0.0951. The van der Waals surface area contributed by atoms with Crippen LogP contribution in [-0.4, -0.2) is 10.9 Å². The third kappa shape index (κ3) is 4.43. The van der Waals surface area contributed by atoms with E-state index in [-0.39, 0.29) is 5.91 Å². The molecule has 5 heteroatoms. The van der Waals surface area contributed by atoms with Crippen LogP contribution in [0.25, 0.3) is 0 Å². The molecular formula is C19H18N2O2S. The summed E-state index contributed by atoms with van der Waals surface area (Å²) in [5.41, 5.74) is 2.69.